The van der Waals surface area contributed by atoms with Crippen molar-refractivity contribution in [3.63, 3.8) is 0 Å². The fourth-order valence-electron chi connectivity index (χ4n) is 4.71. The maximum absolute atomic E-state index is 13.3. The van der Waals surface area contributed by atoms with E-state index in [2.05, 4.69) is 17.0 Å². The zero-order chi connectivity index (χ0) is 27.6. The Labute approximate surface area is 228 Å². The van der Waals surface area contributed by atoms with Crippen LogP contribution in [0.4, 0.5) is 0 Å². The summed E-state index contributed by atoms with van der Waals surface area (Å²) in [4.78, 5) is 25.5. The van der Waals surface area contributed by atoms with Gasteiger partial charge in [-0.15, -0.1) is 0 Å². The highest BCUT2D eigenvalue weighted by atomic mass is 32.2. The number of aromatic nitrogens is 2. The smallest absolute Gasteiger partial charge is 0.264 e. The van der Waals surface area contributed by atoms with Crippen LogP contribution in [0.5, 0.6) is 0 Å². The fraction of sp³-hybridized carbons (Fsp3) is 0.233. The first-order chi connectivity index (χ1) is 18.8. The van der Waals surface area contributed by atoms with E-state index in [9.17, 15) is 18.0 Å². The molecular formula is C30H30N4O4S. The topological polar surface area (TPSA) is 110 Å². The van der Waals surface area contributed by atoms with Crippen molar-refractivity contribution in [2.24, 2.45) is 0 Å². The molecule has 0 radical (unpaired) electrons. The molecule has 1 heterocycles. The Kier molecular flexibility index (Phi) is 7.34. The Morgan fingerprint density at radius 3 is 2.18 bits per heavy atom. The average molecular weight is 543 g/mol. The van der Waals surface area contributed by atoms with Crippen LogP contribution >= 0.6 is 0 Å². The van der Waals surface area contributed by atoms with Crippen molar-refractivity contribution in [2.45, 2.75) is 43.5 Å². The summed E-state index contributed by atoms with van der Waals surface area (Å²) >= 11 is 0. The van der Waals surface area contributed by atoms with Crippen LogP contribution in [0, 0.1) is 0 Å². The monoisotopic (exact) mass is 542 g/mol. The third kappa shape index (κ3) is 5.35. The van der Waals surface area contributed by atoms with E-state index in [0.717, 1.165) is 36.2 Å². The highest BCUT2D eigenvalue weighted by molar-refractivity contribution is 7.90. The molecule has 0 aliphatic heterocycles. The second-order valence-electron chi connectivity index (χ2n) is 9.56. The van der Waals surface area contributed by atoms with Crippen molar-refractivity contribution >= 4 is 21.8 Å². The van der Waals surface area contributed by atoms with Crippen LogP contribution in [0.3, 0.4) is 0 Å². The molecule has 1 aliphatic rings. The first-order valence-corrected chi connectivity index (χ1v) is 14.5. The summed E-state index contributed by atoms with van der Waals surface area (Å²) in [6.45, 7) is 2.74. The van der Waals surface area contributed by atoms with Gasteiger partial charge in [-0.3, -0.25) is 14.3 Å². The minimum atomic E-state index is -4.15. The quantitative estimate of drug-likeness (QED) is 0.310. The molecule has 0 spiro atoms. The zero-order valence-corrected chi connectivity index (χ0v) is 22.7. The molecule has 0 bridgehead atoms. The van der Waals surface area contributed by atoms with Crippen molar-refractivity contribution in [3.05, 3.63) is 95.7 Å². The van der Waals surface area contributed by atoms with Crippen LogP contribution in [-0.4, -0.2) is 37.1 Å². The third-order valence-corrected chi connectivity index (χ3v) is 8.13. The van der Waals surface area contributed by atoms with Gasteiger partial charge in [0.2, 0.25) is 0 Å². The van der Waals surface area contributed by atoms with Crippen molar-refractivity contribution in [1.29, 1.82) is 0 Å². The molecule has 1 aromatic heterocycles. The molecule has 1 fully saturated rings. The molecule has 1 saturated carbocycles. The lowest BCUT2D eigenvalue weighted by Gasteiger charge is -2.13. The number of carbonyl (C=O) groups excluding carboxylic acids is 2. The van der Waals surface area contributed by atoms with Crippen molar-refractivity contribution in [3.8, 4) is 22.4 Å². The Morgan fingerprint density at radius 1 is 0.897 bits per heavy atom. The van der Waals surface area contributed by atoms with Crippen LogP contribution in [0.15, 0.2) is 83.8 Å². The summed E-state index contributed by atoms with van der Waals surface area (Å²) in [5.74, 6) is -0.557. The summed E-state index contributed by atoms with van der Waals surface area (Å²) in [6, 6.07) is 22.2. The zero-order valence-electron chi connectivity index (χ0n) is 21.8. The first-order valence-electron chi connectivity index (χ1n) is 13.0. The van der Waals surface area contributed by atoms with Crippen LogP contribution in [-0.2, 0) is 16.6 Å². The predicted molar refractivity (Wildman–Crippen MR) is 150 cm³/mol. The van der Waals surface area contributed by atoms with E-state index in [1.165, 1.54) is 6.07 Å². The van der Waals surface area contributed by atoms with E-state index < -0.39 is 15.9 Å². The molecule has 0 atom stereocenters. The van der Waals surface area contributed by atoms with Crippen molar-refractivity contribution < 1.29 is 18.0 Å². The Morgan fingerprint density at radius 2 is 1.54 bits per heavy atom. The highest BCUT2D eigenvalue weighted by Crippen LogP contribution is 2.43. The van der Waals surface area contributed by atoms with Crippen molar-refractivity contribution in [2.75, 3.05) is 7.05 Å². The molecular weight excluding hydrogens is 512 g/mol. The molecule has 39 heavy (non-hydrogen) atoms. The number of hydrogen-bond donors (Lipinski definition) is 2. The van der Waals surface area contributed by atoms with Gasteiger partial charge in [0.05, 0.1) is 21.8 Å². The minimum absolute atomic E-state index is 0.000116. The normalized spacial score (nSPS) is 13.2. The van der Waals surface area contributed by atoms with Gasteiger partial charge in [0.25, 0.3) is 21.8 Å². The van der Waals surface area contributed by atoms with Crippen LogP contribution < -0.4 is 10.0 Å². The summed E-state index contributed by atoms with van der Waals surface area (Å²) in [5, 5.41) is 7.59. The lowest BCUT2D eigenvalue weighted by molar-refractivity contribution is 0.0959. The van der Waals surface area contributed by atoms with E-state index in [1.54, 1.807) is 55.6 Å². The van der Waals surface area contributed by atoms with Gasteiger partial charge in [-0.2, -0.15) is 5.10 Å². The molecule has 1 aliphatic carbocycles. The fourth-order valence-corrected chi connectivity index (χ4v) is 5.92. The number of nitrogens with zero attached hydrogens (tertiary/aromatic N) is 2. The number of nitrogens with one attached hydrogen (secondary N) is 2. The molecule has 4 aromatic rings. The standard InChI is InChI=1S/C30H30N4O4S/c1-3-19-34-28(26(30(36)31-2)27(32-34)21-15-16-21)22-17-13-20(14-18-22)24-11-7-8-12-25(24)39(37,38)33-29(35)23-9-5-4-6-10-23/h4-14,17-18,21H,3,15-16,19H2,1-2H3,(H,31,36)(H,33,35). The van der Waals surface area contributed by atoms with E-state index in [-0.39, 0.29) is 16.4 Å². The number of benzene rings is 3. The highest BCUT2D eigenvalue weighted by Gasteiger charge is 2.34. The predicted octanol–water partition coefficient (Wildman–Crippen LogP) is 4.98. The lowest BCUT2D eigenvalue weighted by atomic mass is 9.99. The summed E-state index contributed by atoms with van der Waals surface area (Å²) in [7, 11) is -2.53. The van der Waals surface area contributed by atoms with Gasteiger partial charge in [-0.05, 0) is 43.0 Å². The average Bonchev–Trinajstić information content (AvgIpc) is 3.74. The van der Waals surface area contributed by atoms with E-state index in [4.69, 9.17) is 5.10 Å². The molecule has 8 nitrogen and oxygen atoms in total. The van der Waals surface area contributed by atoms with E-state index >= 15 is 0 Å². The van der Waals surface area contributed by atoms with Crippen LogP contribution in [0.25, 0.3) is 22.4 Å². The Hall–Kier alpha value is -4.24. The van der Waals surface area contributed by atoms with Gasteiger partial charge in [0.15, 0.2) is 0 Å². The Bertz CT molecular complexity index is 1620. The lowest BCUT2D eigenvalue weighted by Crippen LogP contribution is -2.30. The number of hydrogen-bond acceptors (Lipinski definition) is 5. The third-order valence-electron chi connectivity index (χ3n) is 6.74. The molecule has 200 valence electrons. The maximum atomic E-state index is 13.3. The largest absolute Gasteiger partial charge is 0.355 e. The number of rotatable bonds is 9. The van der Waals surface area contributed by atoms with Gasteiger partial charge in [-0.25, -0.2) is 13.1 Å². The van der Waals surface area contributed by atoms with E-state index in [0.29, 0.717) is 29.2 Å². The maximum Gasteiger partial charge on any atom is 0.264 e. The van der Waals surface area contributed by atoms with Gasteiger partial charge >= 0.3 is 0 Å². The SMILES string of the molecule is CCCn1nc(C2CC2)c(C(=O)NC)c1-c1ccc(-c2ccccc2S(=O)(=O)NC(=O)c2ccccc2)cc1. The number of aryl methyl sites for hydroxylation is 1. The molecule has 0 saturated heterocycles. The second kappa shape index (κ2) is 10.9. The van der Waals surface area contributed by atoms with Gasteiger partial charge in [-0.1, -0.05) is 67.6 Å². The minimum Gasteiger partial charge on any atom is -0.355 e. The Balaban J connectivity index is 1.51. The molecule has 2 N–H and O–H groups in total. The number of sulfonamides is 1. The van der Waals surface area contributed by atoms with Crippen LogP contribution in [0.2, 0.25) is 0 Å². The van der Waals surface area contributed by atoms with E-state index in [1.807, 2.05) is 28.9 Å². The number of carbonyl (C=O) groups is 2. The summed E-state index contributed by atoms with van der Waals surface area (Å²) in [6.07, 6.45) is 2.92. The van der Waals surface area contributed by atoms with Gasteiger partial charge in [0, 0.05) is 36.2 Å². The number of amides is 2. The van der Waals surface area contributed by atoms with Gasteiger partial charge in [0.1, 0.15) is 0 Å². The summed E-state index contributed by atoms with van der Waals surface area (Å²) in [5.41, 5.74) is 4.41. The van der Waals surface area contributed by atoms with Crippen LogP contribution in [0.1, 0.15) is 58.5 Å². The van der Waals surface area contributed by atoms with Crippen molar-refractivity contribution in [1.82, 2.24) is 19.8 Å². The van der Waals surface area contributed by atoms with Gasteiger partial charge < -0.3 is 5.32 Å². The molecule has 5 rings (SSSR count). The second-order valence-corrected chi connectivity index (χ2v) is 11.2. The molecule has 3 aromatic carbocycles. The first kappa shape index (κ1) is 26.4. The molecule has 2 amide bonds. The molecule has 0 unspecified atom stereocenters. The molecule has 9 heteroatoms. The summed E-state index contributed by atoms with van der Waals surface area (Å²) < 4.78 is 30.6.